The molecule has 1 atom stereocenters. The Bertz CT molecular complexity index is 523. The van der Waals surface area contributed by atoms with E-state index in [1.165, 1.54) is 0 Å². The molecule has 0 radical (unpaired) electrons. The Morgan fingerprint density at radius 3 is 2.79 bits per heavy atom. The largest absolute Gasteiger partial charge is 0.484 e. The fourth-order valence-corrected chi connectivity index (χ4v) is 1.77. The average molecular weight is 261 g/mol. The molecule has 1 aromatic heterocycles. The standard InChI is InChI=1S/C14H19N3O2/c1-3-13-16-17-14(19-13)9-18-12-6-4-5-11(8-12)7-10(2)15/h4-6,8,10H,3,7,9,15H2,1-2H3. The lowest BCUT2D eigenvalue weighted by atomic mass is 10.1. The fourth-order valence-electron chi connectivity index (χ4n) is 1.77. The highest BCUT2D eigenvalue weighted by Crippen LogP contribution is 2.16. The maximum atomic E-state index is 5.78. The summed E-state index contributed by atoms with van der Waals surface area (Å²) in [4.78, 5) is 0. The third-order valence-corrected chi connectivity index (χ3v) is 2.63. The lowest BCUT2D eigenvalue weighted by Crippen LogP contribution is -2.17. The second kappa shape index (κ2) is 6.33. The maximum absolute atomic E-state index is 5.78. The first-order chi connectivity index (χ1) is 9.17. The molecule has 0 spiro atoms. The quantitative estimate of drug-likeness (QED) is 0.862. The minimum Gasteiger partial charge on any atom is -0.484 e. The lowest BCUT2D eigenvalue weighted by molar-refractivity contribution is 0.259. The summed E-state index contributed by atoms with van der Waals surface area (Å²) < 4.78 is 11.0. The highest BCUT2D eigenvalue weighted by molar-refractivity contribution is 5.29. The number of benzene rings is 1. The van der Waals surface area contributed by atoms with Gasteiger partial charge in [0, 0.05) is 12.5 Å². The van der Waals surface area contributed by atoms with E-state index >= 15 is 0 Å². The Balaban J connectivity index is 1.95. The van der Waals surface area contributed by atoms with Gasteiger partial charge >= 0.3 is 0 Å². The molecule has 2 N–H and O–H groups in total. The van der Waals surface area contributed by atoms with Crippen molar-refractivity contribution in [2.24, 2.45) is 5.73 Å². The van der Waals surface area contributed by atoms with Crippen molar-refractivity contribution in [1.29, 1.82) is 0 Å². The predicted octanol–water partition coefficient (Wildman–Crippen LogP) is 2.10. The summed E-state index contributed by atoms with van der Waals surface area (Å²) in [7, 11) is 0. The van der Waals surface area contributed by atoms with Crippen LogP contribution in [0, 0.1) is 0 Å². The van der Waals surface area contributed by atoms with Crippen molar-refractivity contribution >= 4 is 0 Å². The molecule has 5 nitrogen and oxygen atoms in total. The van der Waals surface area contributed by atoms with Gasteiger partial charge in [-0.05, 0) is 31.0 Å². The van der Waals surface area contributed by atoms with Crippen molar-refractivity contribution in [2.75, 3.05) is 0 Å². The zero-order valence-corrected chi connectivity index (χ0v) is 11.3. The first-order valence-electron chi connectivity index (χ1n) is 6.46. The topological polar surface area (TPSA) is 74.2 Å². The van der Waals surface area contributed by atoms with Crippen LogP contribution in [-0.4, -0.2) is 16.2 Å². The first-order valence-corrected chi connectivity index (χ1v) is 6.46. The van der Waals surface area contributed by atoms with E-state index in [4.69, 9.17) is 14.9 Å². The van der Waals surface area contributed by atoms with Gasteiger partial charge in [-0.3, -0.25) is 0 Å². The fraction of sp³-hybridized carbons (Fsp3) is 0.429. The van der Waals surface area contributed by atoms with Crippen molar-refractivity contribution in [3.63, 3.8) is 0 Å². The average Bonchev–Trinajstić information content (AvgIpc) is 2.84. The summed E-state index contributed by atoms with van der Waals surface area (Å²) in [6, 6.07) is 8.02. The van der Waals surface area contributed by atoms with Crippen LogP contribution in [0.15, 0.2) is 28.7 Å². The van der Waals surface area contributed by atoms with Crippen molar-refractivity contribution < 1.29 is 9.15 Å². The van der Waals surface area contributed by atoms with E-state index < -0.39 is 0 Å². The molecule has 2 rings (SSSR count). The van der Waals surface area contributed by atoms with E-state index in [2.05, 4.69) is 10.2 Å². The Morgan fingerprint density at radius 1 is 1.32 bits per heavy atom. The molecule has 1 heterocycles. The van der Waals surface area contributed by atoms with Gasteiger partial charge in [0.25, 0.3) is 5.89 Å². The summed E-state index contributed by atoms with van der Waals surface area (Å²) in [5, 5.41) is 7.80. The van der Waals surface area contributed by atoms with Crippen LogP contribution >= 0.6 is 0 Å². The molecule has 0 aliphatic carbocycles. The third-order valence-electron chi connectivity index (χ3n) is 2.63. The zero-order chi connectivity index (χ0) is 13.7. The summed E-state index contributed by atoms with van der Waals surface area (Å²) >= 11 is 0. The van der Waals surface area contributed by atoms with Crippen molar-refractivity contribution in [1.82, 2.24) is 10.2 Å². The molecular weight excluding hydrogens is 242 g/mol. The normalized spacial score (nSPS) is 12.4. The SMILES string of the molecule is CCc1nnc(COc2cccc(CC(C)N)c2)o1. The van der Waals surface area contributed by atoms with Gasteiger partial charge in [0.1, 0.15) is 5.75 Å². The molecule has 0 saturated carbocycles. The molecule has 0 fully saturated rings. The maximum Gasteiger partial charge on any atom is 0.253 e. The Kier molecular flexibility index (Phi) is 4.52. The number of rotatable bonds is 6. The van der Waals surface area contributed by atoms with Crippen LogP contribution in [0.2, 0.25) is 0 Å². The Hall–Kier alpha value is -1.88. The number of aryl methyl sites for hydroxylation is 1. The highest BCUT2D eigenvalue weighted by atomic mass is 16.5. The predicted molar refractivity (Wildman–Crippen MR) is 71.8 cm³/mol. The van der Waals surface area contributed by atoms with Crippen molar-refractivity contribution in [3.8, 4) is 5.75 Å². The van der Waals surface area contributed by atoms with Crippen LogP contribution in [-0.2, 0) is 19.4 Å². The molecule has 5 heteroatoms. The number of hydrogen-bond acceptors (Lipinski definition) is 5. The van der Waals surface area contributed by atoms with Gasteiger partial charge in [-0.25, -0.2) is 0 Å². The van der Waals surface area contributed by atoms with Gasteiger partial charge in [-0.2, -0.15) is 0 Å². The monoisotopic (exact) mass is 261 g/mol. The summed E-state index contributed by atoms with van der Waals surface area (Å²) in [6.45, 7) is 4.24. The van der Waals surface area contributed by atoms with Crippen LogP contribution in [0.3, 0.4) is 0 Å². The van der Waals surface area contributed by atoms with E-state index in [9.17, 15) is 0 Å². The second-order valence-electron chi connectivity index (χ2n) is 4.56. The van der Waals surface area contributed by atoms with E-state index in [1.54, 1.807) is 0 Å². The molecule has 0 saturated heterocycles. The molecule has 102 valence electrons. The summed E-state index contributed by atoms with van der Waals surface area (Å²) in [5.41, 5.74) is 6.94. The molecule has 1 unspecified atom stereocenters. The third kappa shape index (κ3) is 4.06. The van der Waals surface area contributed by atoms with Crippen LogP contribution in [0.4, 0.5) is 0 Å². The lowest BCUT2D eigenvalue weighted by Gasteiger charge is -2.08. The molecule has 19 heavy (non-hydrogen) atoms. The first kappa shape index (κ1) is 13.5. The minimum absolute atomic E-state index is 0.137. The van der Waals surface area contributed by atoms with Crippen LogP contribution in [0.25, 0.3) is 0 Å². The van der Waals surface area contributed by atoms with Crippen molar-refractivity contribution in [3.05, 3.63) is 41.6 Å². The molecular formula is C14H19N3O2. The molecule has 2 aromatic rings. The molecule has 0 amide bonds. The molecule has 0 aliphatic rings. The smallest absolute Gasteiger partial charge is 0.253 e. The number of nitrogens with two attached hydrogens (primary N) is 1. The number of nitrogens with zero attached hydrogens (tertiary/aromatic N) is 2. The van der Waals surface area contributed by atoms with Crippen molar-refractivity contribution in [2.45, 2.75) is 39.3 Å². The van der Waals surface area contributed by atoms with Gasteiger partial charge in [0.15, 0.2) is 6.61 Å². The van der Waals surface area contributed by atoms with Crippen LogP contribution in [0.1, 0.15) is 31.2 Å². The highest BCUT2D eigenvalue weighted by Gasteiger charge is 2.05. The van der Waals surface area contributed by atoms with E-state index in [0.29, 0.717) is 11.8 Å². The van der Waals surface area contributed by atoms with Crippen LogP contribution in [0.5, 0.6) is 5.75 Å². The Labute approximate surface area is 112 Å². The molecule has 0 bridgehead atoms. The van der Waals surface area contributed by atoms with E-state index in [1.807, 2.05) is 38.1 Å². The molecule has 1 aromatic carbocycles. The minimum atomic E-state index is 0.137. The van der Waals surface area contributed by atoms with Gasteiger partial charge in [0.2, 0.25) is 5.89 Å². The van der Waals surface area contributed by atoms with Gasteiger partial charge in [-0.15, -0.1) is 10.2 Å². The summed E-state index contributed by atoms with van der Waals surface area (Å²) in [5.74, 6) is 1.91. The van der Waals surface area contributed by atoms with E-state index in [-0.39, 0.29) is 12.6 Å². The van der Waals surface area contributed by atoms with Crippen LogP contribution < -0.4 is 10.5 Å². The number of aromatic nitrogens is 2. The van der Waals surface area contributed by atoms with Gasteiger partial charge in [-0.1, -0.05) is 19.1 Å². The van der Waals surface area contributed by atoms with E-state index in [0.717, 1.165) is 24.2 Å². The zero-order valence-electron chi connectivity index (χ0n) is 11.3. The Morgan fingerprint density at radius 2 is 2.11 bits per heavy atom. The van der Waals surface area contributed by atoms with Gasteiger partial charge < -0.3 is 14.9 Å². The van der Waals surface area contributed by atoms with Gasteiger partial charge in [0.05, 0.1) is 0 Å². The summed E-state index contributed by atoms with van der Waals surface area (Å²) in [6.07, 6.45) is 1.56. The molecule has 0 aliphatic heterocycles. The number of ether oxygens (including phenoxy) is 1. The second-order valence-corrected chi connectivity index (χ2v) is 4.56. The number of hydrogen-bond donors (Lipinski definition) is 1.